The molecule has 0 spiro atoms. The van der Waals surface area contributed by atoms with Crippen LogP contribution < -0.4 is 5.32 Å². The molecule has 2 N–H and O–H groups in total. The highest BCUT2D eigenvalue weighted by molar-refractivity contribution is 5.78. The first-order chi connectivity index (χ1) is 9.63. The van der Waals surface area contributed by atoms with Crippen LogP contribution in [0.3, 0.4) is 0 Å². The van der Waals surface area contributed by atoms with Crippen molar-refractivity contribution < 1.29 is 19.6 Å². The van der Waals surface area contributed by atoms with Gasteiger partial charge in [-0.3, -0.25) is 14.9 Å². The fourth-order valence-corrected chi connectivity index (χ4v) is 1.55. The van der Waals surface area contributed by atoms with Gasteiger partial charge in [-0.2, -0.15) is 0 Å². The van der Waals surface area contributed by atoms with Gasteiger partial charge < -0.3 is 15.2 Å². The number of aliphatic hydroxyl groups is 1. The van der Waals surface area contributed by atoms with E-state index in [0.717, 1.165) is 5.56 Å². The van der Waals surface area contributed by atoms with E-state index in [9.17, 15) is 14.9 Å². The number of nitro benzene ring substituents is 1. The standard InChI is InChI=1S/C13H18N2O5/c16-7-9-20-8-1-6-14-13(17)10-11-2-4-12(5-3-11)15(18)19/h2-5,16H,1,6-10H2,(H,14,17). The molecule has 0 aliphatic rings. The SMILES string of the molecule is O=C(Cc1ccc([N+](=O)[O-])cc1)NCCCOCCO. The molecular formula is C13H18N2O5. The van der Waals surface area contributed by atoms with E-state index in [2.05, 4.69) is 5.32 Å². The molecule has 7 heteroatoms. The van der Waals surface area contributed by atoms with Crippen molar-refractivity contribution in [2.45, 2.75) is 12.8 Å². The normalized spacial score (nSPS) is 10.2. The van der Waals surface area contributed by atoms with Crippen molar-refractivity contribution in [1.29, 1.82) is 0 Å². The van der Waals surface area contributed by atoms with Gasteiger partial charge in [-0.05, 0) is 12.0 Å². The average Bonchev–Trinajstić information content (AvgIpc) is 2.43. The highest BCUT2D eigenvalue weighted by Crippen LogP contribution is 2.12. The zero-order valence-corrected chi connectivity index (χ0v) is 11.1. The van der Waals surface area contributed by atoms with Crippen molar-refractivity contribution in [3.63, 3.8) is 0 Å². The van der Waals surface area contributed by atoms with Gasteiger partial charge in [0.25, 0.3) is 5.69 Å². The Balaban J connectivity index is 2.23. The molecule has 1 rings (SSSR count). The van der Waals surface area contributed by atoms with Gasteiger partial charge in [-0.15, -0.1) is 0 Å². The third-order valence-electron chi connectivity index (χ3n) is 2.54. The molecule has 1 aromatic rings. The molecule has 110 valence electrons. The van der Waals surface area contributed by atoms with E-state index in [-0.39, 0.29) is 24.6 Å². The summed E-state index contributed by atoms with van der Waals surface area (Å²) < 4.78 is 5.05. The summed E-state index contributed by atoms with van der Waals surface area (Å²) in [5.41, 5.74) is 0.736. The quantitative estimate of drug-likeness (QED) is 0.393. The second kappa shape index (κ2) is 9.00. The lowest BCUT2D eigenvalue weighted by molar-refractivity contribution is -0.384. The van der Waals surface area contributed by atoms with E-state index in [1.54, 1.807) is 12.1 Å². The molecule has 0 aromatic heterocycles. The maximum absolute atomic E-state index is 11.6. The molecule has 0 aliphatic heterocycles. The number of carbonyl (C=O) groups is 1. The minimum absolute atomic E-state index is 0.00744. The summed E-state index contributed by atoms with van der Waals surface area (Å²) in [4.78, 5) is 21.6. The Hall–Kier alpha value is -1.99. The summed E-state index contributed by atoms with van der Waals surface area (Å²) in [6.45, 7) is 1.28. The van der Waals surface area contributed by atoms with Crippen LogP contribution in [0.2, 0.25) is 0 Å². The van der Waals surface area contributed by atoms with Gasteiger partial charge in [0, 0.05) is 25.3 Å². The van der Waals surface area contributed by atoms with Crippen LogP contribution in [0.15, 0.2) is 24.3 Å². The molecule has 1 amide bonds. The number of hydrogen-bond donors (Lipinski definition) is 2. The van der Waals surface area contributed by atoms with Crippen LogP contribution in [-0.4, -0.2) is 42.3 Å². The number of carbonyl (C=O) groups excluding carboxylic acids is 1. The number of non-ortho nitro benzene ring substituents is 1. The largest absolute Gasteiger partial charge is 0.394 e. The first-order valence-electron chi connectivity index (χ1n) is 6.32. The zero-order valence-electron chi connectivity index (χ0n) is 11.1. The van der Waals surface area contributed by atoms with E-state index in [1.165, 1.54) is 12.1 Å². The molecule has 0 fully saturated rings. The number of nitrogens with one attached hydrogen (secondary N) is 1. The minimum Gasteiger partial charge on any atom is -0.394 e. The maximum atomic E-state index is 11.6. The highest BCUT2D eigenvalue weighted by Gasteiger charge is 2.06. The summed E-state index contributed by atoms with van der Waals surface area (Å²) in [7, 11) is 0. The predicted octanol–water partition coefficient (Wildman–Crippen LogP) is 0.652. The van der Waals surface area contributed by atoms with Crippen molar-refractivity contribution in [3.05, 3.63) is 39.9 Å². The van der Waals surface area contributed by atoms with E-state index in [4.69, 9.17) is 9.84 Å². The Morgan fingerprint density at radius 1 is 1.30 bits per heavy atom. The lowest BCUT2D eigenvalue weighted by Gasteiger charge is -2.05. The zero-order chi connectivity index (χ0) is 14.8. The number of nitrogens with zero attached hydrogens (tertiary/aromatic N) is 1. The Morgan fingerprint density at radius 2 is 2.00 bits per heavy atom. The van der Waals surface area contributed by atoms with Crippen LogP contribution >= 0.6 is 0 Å². The summed E-state index contributed by atoms with van der Waals surface area (Å²) in [6, 6.07) is 5.90. The van der Waals surface area contributed by atoms with Crippen LogP contribution in [-0.2, 0) is 16.0 Å². The van der Waals surface area contributed by atoms with Crippen LogP contribution in [0.4, 0.5) is 5.69 Å². The molecule has 0 unspecified atom stereocenters. The molecule has 0 radical (unpaired) electrons. The van der Waals surface area contributed by atoms with Crippen molar-refractivity contribution in [1.82, 2.24) is 5.32 Å². The van der Waals surface area contributed by atoms with Crippen molar-refractivity contribution in [3.8, 4) is 0 Å². The van der Waals surface area contributed by atoms with Crippen molar-refractivity contribution >= 4 is 11.6 Å². The Kier molecular flexibility index (Phi) is 7.23. The molecule has 0 bridgehead atoms. The molecule has 0 saturated carbocycles. The summed E-state index contributed by atoms with van der Waals surface area (Å²) in [5.74, 6) is -0.138. The highest BCUT2D eigenvalue weighted by atomic mass is 16.6. The van der Waals surface area contributed by atoms with E-state index in [1.807, 2.05) is 0 Å². The summed E-state index contributed by atoms with van der Waals surface area (Å²) in [6.07, 6.45) is 0.863. The molecule has 1 aromatic carbocycles. The van der Waals surface area contributed by atoms with Crippen LogP contribution in [0.5, 0.6) is 0 Å². The molecule has 0 atom stereocenters. The Labute approximate surface area is 116 Å². The molecular weight excluding hydrogens is 264 g/mol. The van der Waals surface area contributed by atoms with Gasteiger partial charge in [-0.25, -0.2) is 0 Å². The number of hydrogen-bond acceptors (Lipinski definition) is 5. The number of benzene rings is 1. The smallest absolute Gasteiger partial charge is 0.269 e. The number of rotatable bonds is 9. The van der Waals surface area contributed by atoms with Gasteiger partial charge in [0.1, 0.15) is 0 Å². The van der Waals surface area contributed by atoms with Crippen LogP contribution in [0.1, 0.15) is 12.0 Å². The molecule has 0 saturated heterocycles. The van der Waals surface area contributed by atoms with Gasteiger partial charge in [-0.1, -0.05) is 12.1 Å². The Bertz CT molecular complexity index is 433. The second-order valence-electron chi connectivity index (χ2n) is 4.14. The molecule has 0 heterocycles. The second-order valence-corrected chi connectivity index (χ2v) is 4.14. The van der Waals surface area contributed by atoms with E-state index >= 15 is 0 Å². The first kappa shape index (κ1) is 16.1. The monoisotopic (exact) mass is 282 g/mol. The van der Waals surface area contributed by atoms with E-state index < -0.39 is 4.92 Å². The van der Waals surface area contributed by atoms with Gasteiger partial charge in [0.15, 0.2) is 0 Å². The number of amides is 1. The number of nitro groups is 1. The predicted molar refractivity (Wildman–Crippen MR) is 72.3 cm³/mol. The first-order valence-corrected chi connectivity index (χ1v) is 6.32. The third kappa shape index (κ3) is 6.26. The lowest BCUT2D eigenvalue weighted by atomic mass is 10.1. The molecule has 0 aliphatic carbocycles. The van der Waals surface area contributed by atoms with Gasteiger partial charge in [0.05, 0.1) is 24.6 Å². The fourth-order valence-electron chi connectivity index (χ4n) is 1.55. The fraction of sp³-hybridized carbons (Fsp3) is 0.462. The summed E-state index contributed by atoms with van der Waals surface area (Å²) in [5, 5.41) is 21.7. The Morgan fingerprint density at radius 3 is 2.60 bits per heavy atom. The maximum Gasteiger partial charge on any atom is 0.269 e. The van der Waals surface area contributed by atoms with Crippen LogP contribution in [0, 0.1) is 10.1 Å². The number of aliphatic hydroxyl groups excluding tert-OH is 1. The third-order valence-corrected chi connectivity index (χ3v) is 2.54. The molecule has 7 nitrogen and oxygen atoms in total. The van der Waals surface area contributed by atoms with Crippen molar-refractivity contribution in [2.24, 2.45) is 0 Å². The molecule has 20 heavy (non-hydrogen) atoms. The van der Waals surface area contributed by atoms with Gasteiger partial charge in [0.2, 0.25) is 5.91 Å². The van der Waals surface area contributed by atoms with E-state index in [0.29, 0.717) is 26.2 Å². The minimum atomic E-state index is -0.476. The van der Waals surface area contributed by atoms with Crippen LogP contribution in [0.25, 0.3) is 0 Å². The topological polar surface area (TPSA) is 102 Å². The lowest BCUT2D eigenvalue weighted by Crippen LogP contribution is -2.26. The summed E-state index contributed by atoms with van der Waals surface area (Å²) >= 11 is 0. The average molecular weight is 282 g/mol. The number of ether oxygens (including phenoxy) is 1. The van der Waals surface area contributed by atoms with Gasteiger partial charge >= 0.3 is 0 Å². The van der Waals surface area contributed by atoms with Crippen molar-refractivity contribution in [2.75, 3.05) is 26.4 Å².